The zero-order valence-electron chi connectivity index (χ0n) is 13.5. The predicted molar refractivity (Wildman–Crippen MR) is 90.5 cm³/mol. The number of carbonyl (C=O) groups is 2. The third-order valence-electron chi connectivity index (χ3n) is 3.34. The molecule has 25 heavy (non-hydrogen) atoms. The molecule has 0 radical (unpaired) electrons. The van der Waals surface area contributed by atoms with Gasteiger partial charge in [-0.1, -0.05) is 30.3 Å². The fourth-order valence-electron chi connectivity index (χ4n) is 2.10. The van der Waals surface area contributed by atoms with Crippen molar-refractivity contribution in [2.45, 2.75) is 6.54 Å². The molecule has 0 fully saturated rings. The van der Waals surface area contributed by atoms with Crippen LogP contribution in [0.5, 0.6) is 0 Å². The highest BCUT2D eigenvalue weighted by Crippen LogP contribution is 2.15. The molecule has 7 heteroatoms. The van der Waals surface area contributed by atoms with Gasteiger partial charge in [-0.3, -0.25) is 4.79 Å². The van der Waals surface area contributed by atoms with E-state index >= 15 is 0 Å². The summed E-state index contributed by atoms with van der Waals surface area (Å²) in [6.45, 7) is -0.255. The SMILES string of the molecule is O=C(COC(=O)c1ccccc1NCCO)NCc1ccccc1F. The summed E-state index contributed by atoms with van der Waals surface area (Å²) in [5, 5.41) is 14.2. The molecule has 0 unspecified atom stereocenters. The Kier molecular flexibility index (Phi) is 6.91. The maximum Gasteiger partial charge on any atom is 0.340 e. The summed E-state index contributed by atoms with van der Waals surface area (Å²) in [4.78, 5) is 23.9. The molecule has 6 nitrogen and oxygen atoms in total. The van der Waals surface area contributed by atoms with Crippen LogP contribution in [0.4, 0.5) is 10.1 Å². The minimum Gasteiger partial charge on any atom is -0.452 e. The number of ether oxygens (including phenoxy) is 1. The van der Waals surface area contributed by atoms with E-state index in [4.69, 9.17) is 9.84 Å². The molecular formula is C18H19FN2O4. The number of anilines is 1. The van der Waals surface area contributed by atoms with Crippen LogP contribution in [0.1, 0.15) is 15.9 Å². The molecule has 132 valence electrons. The van der Waals surface area contributed by atoms with Crippen molar-refractivity contribution < 1.29 is 23.8 Å². The molecule has 2 rings (SSSR count). The molecule has 3 N–H and O–H groups in total. The predicted octanol–water partition coefficient (Wildman–Crippen LogP) is 1.70. The Balaban J connectivity index is 1.85. The fourth-order valence-corrected chi connectivity index (χ4v) is 2.10. The van der Waals surface area contributed by atoms with Gasteiger partial charge in [0.1, 0.15) is 5.82 Å². The Hall–Kier alpha value is -2.93. The Morgan fingerprint density at radius 1 is 1.08 bits per heavy atom. The standard InChI is InChI=1S/C18H19FN2O4/c19-15-7-3-1-5-13(15)11-21-17(23)12-25-18(24)14-6-2-4-8-16(14)20-9-10-22/h1-8,20,22H,9-12H2,(H,21,23). The molecular weight excluding hydrogens is 327 g/mol. The van der Waals surface area contributed by atoms with Gasteiger partial charge in [0.05, 0.1) is 12.2 Å². The molecule has 0 spiro atoms. The first-order valence-electron chi connectivity index (χ1n) is 7.73. The van der Waals surface area contributed by atoms with Gasteiger partial charge in [-0.15, -0.1) is 0 Å². The number of para-hydroxylation sites is 1. The van der Waals surface area contributed by atoms with E-state index in [0.717, 1.165) is 0 Å². The normalized spacial score (nSPS) is 10.2. The third-order valence-corrected chi connectivity index (χ3v) is 3.34. The number of halogens is 1. The number of aliphatic hydroxyl groups excluding tert-OH is 1. The van der Waals surface area contributed by atoms with Gasteiger partial charge in [0.25, 0.3) is 5.91 Å². The lowest BCUT2D eigenvalue weighted by molar-refractivity contribution is -0.124. The van der Waals surface area contributed by atoms with Crippen LogP contribution < -0.4 is 10.6 Å². The van der Waals surface area contributed by atoms with Crippen molar-refractivity contribution in [1.82, 2.24) is 5.32 Å². The molecule has 0 aliphatic carbocycles. The van der Waals surface area contributed by atoms with E-state index < -0.39 is 24.3 Å². The Morgan fingerprint density at radius 2 is 1.80 bits per heavy atom. The molecule has 0 saturated carbocycles. The second-order valence-electron chi connectivity index (χ2n) is 5.14. The van der Waals surface area contributed by atoms with Gasteiger partial charge in [-0.25, -0.2) is 9.18 Å². The van der Waals surface area contributed by atoms with Gasteiger partial charge in [0.2, 0.25) is 0 Å². The summed E-state index contributed by atoms with van der Waals surface area (Å²) in [5.74, 6) is -1.61. The molecule has 1 amide bonds. The third kappa shape index (κ3) is 5.58. The summed E-state index contributed by atoms with van der Waals surface area (Å²) >= 11 is 0. The maximum atomic E-state index is 13.5. The average molecular weight is 346 g/mol. The summed E-state index contributed by atoms with van der Waals surface area (Å²) in [6, 6.07) is 12.7. The average Bonchev–Trinajstić information content (AvgIpc) is 2.64. The fraction of sp³-hybridized carbons (Fsp3) is 0.222. The molecule has 0 aliphatic heterocycles. The Morgan fingerprint density at radius 3 is 2.56 bits per heavy atom. The van der Waals surface area contributed by atoms with Crippen molar-refractivity contribution in [2.24, 2.45) is 0 Å². The van der Waals surface area contributed by atoms with E-state index in [1.807, 2.05) is 0 Å². The quantitative estimate of drug-likeness (QED) is 0.633. The van der Waals surface area contributed by atoms with E-state index in [1.165, 1.54) is 6.07 Å². The van der Waals surface area contributed by atoms with Crippen molar-refractivity contribution in [1.29, 1.82) is 0 Å². The van der Waals surface area contributed by atoms with Crippen LogP contribution in [0.15, 0.2) is 48.5 Å². The van der Waals surface area contributed by atoms with Gasteiger partial charge >= 0.3 is 5.97 Å². The van der Waals surface area contributed by atoms with Gasteiger partial charge in [-0.2, -0.15) is 0 Å². The van der Waals surface area contributed by atoms with Crippen molar-refractivity contribution in [2.75, 3.05) is 25.1 Å². The van der Waals surface area contributed by atoms with Crippen LogP contribution in [-0.4, -0.2) is 36.7 Å². The van der Waals surface area contributed by atoms with Gasteiger partial charge in [0.15, 0.2) is 6.61 Å². The lowest BCUT2D eigenvalue weighted by Crippen LogP contribution is -2.28. The topological polar surface area (TPSA) is 87.7 Å². The van der Waals surface area contributed by atoms with Gasteiger partial charge in [-0.05, 0) is 18.2 Å². The highest BCUT2D eigenvalue weighted by molar-refractivity contribution is 5.96. The van der Waals surface area contributed by atoms with Crippen LogP contribution in [0, 0.1) is 5.82 Å². The minimum absolute atomic E-state index is 0.0116. The molecule has 0 atom stereocenters. The summed E-state index contributed by atoms with van der Waals surface area (Å²) < 4.78 is 18.4. The number of hydrogen-bond donors (Lipinski definition) is 3. The first kappa shape index (κ1) is 18.4. The van der Waals surface area contributed by atoms with Crippen molar-refractivity contribution in [3.05, 3.63) is 65.5 Å². The molecule has 0 saturated heterocycles. The second-order valence-corrected chi connectivity index (χ2v) is 5.14. The first-order chi connectivity index (χ1) is 12.1. The van der Waals surface area contributed by atoms with Crippen LogP contribution >= 0.6 is 0 Å². The number of hydrogen-bond acceptors (Lipinski definition) is 5. The van der Waals surface area contributed by atoms with E-state index in [0.29, 0.717) is 11.3 Å². The zero-order chi connectivity index (χ0) is 18.1. The first-order valence-corrected chi connectivity index (χ1v) is 7.73. The lowest BCUT2D eigenvalue weighted by atomic mass is 10.2. The minimum atomic E-state index is -0.665. The van der Waals surface area contributed by atoms with Crippen LogP contribution in [-0.2, 0) is 16.1 Å². The van der Waals surface area contributed by atoms with Gasteiger partial charge in [0, 0.05) is 24.3 Å². The Bertz CT molecular complexity index is 737. The smallest absolute Gasteiger partial charge is 0.340 e. The number of carbonyl (C=O) groups excluding carboxylic acids is 2. The monoisotopic (exact) mass is 346 g/mol. The van der Waals surface area contributed by atoms with Crippen LogP contribution in [0.3, 0.4) is 0 Å². The molecule has 0 aliphatic rings. The highest BCUT2D eigenvalue weighted by Gasteiger charge is 2.14. The number of esters is 1. The van der Waals surface area contributed by atoms with Crippen molar-refractivity contribution in [3.63, 3.8) is 0 Å². The summed E-state index contributed by atoms with van der Waals surface area (Å²) in [6.07, 6.45) is 0. The van der Waals surface area contributed by atoms with Gasteiger partial charge < -0.3 is 20.5 Å². The number of amides is 1. The van der Waals surface area contributed by atoms with E-state index in [9.17, 15) is 14.0 Å². The number of benzene rings is 2. The maximum absolute atomic E-state index is 13.5. The summed E-state index contributed by atoms with van der Waals surface area (Å²) in [7, 11) is 0. The molecule has 0 heterocycles. The molecule has 0 aromatic heterocycles. The number of aliphatic hydroxyl groups is 1. The van der Waals surface area contributed by atoms with E-state index in [2.05, 4.69) is 10.6 Å². The van der Waals surface area contributed by atoms with E-state index in [-0.39, 0.29) is 25.3 Å². The molecule has 2 aromatic rings. The van der Waals surface area contributed by atoms with E-state index in [1.54, 1.807) is 42.5 Å². The van der Waals surface area contributed by atoms with Crippen LogP contribution in [0.25, 0.3) is 0 Å². The number of rotatable bonds is 8. The van der Waals surface area contributed by atoms with Crippen molar-refractivity contribution in [3.8, 4) is 0 Å². The molecule has 0 bridgehead atoms. The van der Waals surface area contributed by atoms with Crippen molar-refractivity contribution >= 4 is 17.6 Å². The zero-order valence-corrected chi connectivity index (χ0v) is 13.5. The lowest BCUT2D eigenvalue weighted by Gasteiger charge is -2.11. The highest BCUT2D eigenvalue weighted by atomic mass is 19.1. The largest absolute Gasteiger partial charge is 0.452 e. The number of nitrogens with one attached hydrogen (secondary N) is 2. The van der Waals surface area contributed by atoms with Crippen LogP contribution in [0.2, 0.25) is 0 Å². The Labute approximate surface area is 144 Å². The summed E-state index contributed by atoms with van der Waals surface area (Å²) in [5.41, 5.74) is 1.12. The molecule has 2 aromatic carbocycles. The second kappa shape index (κ2) is 9.39.